The molecule has 0 saturated heterocycles. The first-order chi connectivity index (χ1) is 9.15. The molecule has 0 aliphatic carbocycles. The molecule has 0 fully saturated rings. The topological polar surface area (TPSA) is 52.5 Å². The average Bonchev–Trinajstić information content (AvgIpc) is 2.33. The van der Waals surface area contributed by atoms with Gasteiger partial charge in [-0.05, 0) is 17.8 Å². The number of thioether (sulfide) groups is 1. The van der Waals surface area contributed by atoms with Crippen LogP contribution in [0.5, 0.6) is 0 Å². The number of anilines is 1. The van der Waals surface area contributed by atoms with Gasteiger partial charge in [-0.25, -0.2) is 0 Å². The summed E-state index contributed by atoms with van der Waals surface area (Å²) in [7, 11) is 0. The largest absolute Gasteiger partial charge is 0.446 e. The van der Waals surface area contributed by atoms with Crippen molar-refractivity contribution in [3.63, 3.8) is 0 Å². The van der Waals surface area contributed by atoms with Crippen molar-refractivity contribution >= 4 is 52.3 Å². The van der Waals surface area contributed by atoms with Crippen LogP contribution in [0.4, 0.5) is 18.9 Å². The second kappa shape index (κ2) is 7.29. The molecule has 1 atom stereocenters. The van der Waals surface area contributed by atoms with Gasteiger partial charge in [-0.2, -0.15) is 13.2 Å². The molecule has 0 saturated carbocycles. The number of rotatable bonds is 5. The molecule has 10 heteroatoms. The maximum Gasteiger partial charge on any atom is 0.446 e. The van der Waals surface area contributed by atoms with E-state index in [-0.39, 0.29) is 32.2 Å². The van der Waals surface area contributed by atoms with E-state index in [9.17, 15) is 18.3 Å². The van der Waals surface area contributed by atoms with Crippen LogP contribution in [0.2, 0.25) is 15.1 Å². The monoisotopic (exact) mass is 369 g/mol. The highest BCUT2D eigenvalue weighted by Gasteiger charge is 2.31. The van der Waals surface area contributed by atoms with Crippen molar-refractivity contribution in [2.75, 3.05) is 18.5 Å². The van der Waals surface area contributed by atoms with E-state index >= 15 is 0 Å². The molecule has 3 N–H and O–H groups in total. The molecule has 114 valence electrons. The number of halogens is 6. The number of alkyl halides is 3. The van der Waals surface area contributed by atoms with E-state index in [0.29, 0.717) is 0 Å². The van der Waals surface area contributed by atoms with Crippen LogP contribution < -0.4 is 5.32 Å². The van der Waals surface area contributed by atoms with Gasteiger partial charge in [0.05, 0.1) is 33.5 Å². The van der Waals surface area contributed by atoms with Crippen LogP contribution in [0.25, 0.3) is 0 Å². The summed E-state index contributed by atoms with van der Waals surface area (Å²) in [4.78, 5) is -0.317. The Labute approximate surface area is 132 Å². The van der Waals surface area contributed by atoms with Gasteiger partial charge < -0.3 is 15.5 Å². The SMILES string of the molecule is OCC(O)CNc1c(Cl)cc(SC(F)(F)F)c(Cl)c1Cl. The summed E-state index contributed by atoms with van der Waals surface area (Å²) in [5.41, 5.74) is -4.42. The molecule has 0 aromatic heterocycles. The number of aliphatic hydroxyl groups is 2. The number of hydrogen-bond donors (Lipinski definition) is 3. The number of hydrogen-bond acceptors (Lipinski definition) is 4. The molecule has 0 heterocycles. The summed E-state index contributed by atoms with van der Waals surface area (Å²) < 4.78 is 37.0. The Balaban J connectivity index is 3.03. The smallest absolute Gasteiger partial charge is 0.394 e. The van der Waals surface area contributed by atoms with E-state index in [4.69, 9.17) is 39.9 Å². The predicted octanol–water partition coefficient (Wildman–Crippen LogP) is 4.02. The summed E-state index contributed by atoms with van der Waals surface area (Å²) in [5.74, 6) is 0. The summed E-state index contributed by atoms with van der Waals surface area (Å²) in [6.45, 7) is -0.573. The van der Waals surface area contributed by atoms with E-state index in [1.165, 1.54) is 0 Å². The Bertz CT molecular complexity index is 488. The van der Waals surface area contributed by atoms with Gasteiger partial charge in [-0.3, -0.25) is 0 Å². The quantitative estimate of drug-likeness (QED) is 0.541. The second-order valence-corrected chi connectivity index (χ2v) is 5.89. The lowest BCUT2D eigenvalue weighted by molar-refractivity contribution is -0.0328. The summed E-state index contributed by atoms with van der Waals surface area (Å²) >= 11 is 17.0. The molecule has 1 unspecified atom stereocenters. The molecule has 20 heavy (non-hydrogen) atoms. The Morgan fingerprint density at radius 2 is 1.85 bits per heavy atom. The maximum atomic E-state index is 12.3. The van der Waals surface area contributed by atoms with Gasteiger partial charge in [0.1, 0.15) is 0 Å². The van der Waals surface area contributed by atoms with Crippen molar-refractivity contribution < 1.29 is 23.4 Å². The molecule has 1 rings (SSSR count). The standard InChI is InChI=1S/C10H9Cl3F3NO2S/c11-5-1-6(20-10(14,15)16)7(12)8(13)9(5)17-2-4(19)3-18/h1,4,17-19H,2-3H2. The average molecular weight is 371 g/mol. The van der Waals surface area contributed by atoms with E-state index in [1.54, 1.807) is 0 Å². The summed E-state index contributed by atoms with van der Waals surface area (Å²) in [5, 5.41) is 19.9. The van der Waals surface area contributed by atoms with Gasteiger partial charge in [0, 0.05) is 11.4 Å². The Hall–Kier alpha value is -0.0500. The predicted molar refractivity (Wildman–Crippen MR) is 75.0 cm³/mol. The zero-order chi connectivity index (χ0) is 15.5. The van der Waals surface area contributed by atoms with Crippen LogP contribution in [0, 0.1) is 0 Å². The summed E-state index contributed by atoms with van der Waals surface area (Å²) in [6.07, 6.45) is -1.06. The molecule has 0 aliphatic rings. The van der Waals surface area contributed by atoms with Crippen LogP contribution in [-0.4, -0.2) is 35.0 Å². The second-order valence-electron chi connectivity index (χ2n) is 3.62. The van der Waals surface area contributed by atoms with Gasteiger partial charge >= 0.3 is 5.51 Å². The first-order valence-electron chi connectivity index (χ1n) is 5.11. The first-order valence-corrected chi connectivity index (χ1v) is 7.06. The highest BCUT2D eigenvalue weighted by atomic mass is 35.5. The minimum atomic E-state index is -4.52. The molecule has 0 bridgehead atoms. The van der Waals surface area contributed by atoms with E-state index < -0.39 is 30.0 Å². The Kier molecular flexibility index (Phi) is 6.56. The third kappa shape index (κ3) is 5.05. The fraction of sp³-hybridized carbons (Fsp3) is 0.400. The van der Waals surface area contributed by atoms with E-state index in [0.717, 1.165) is 6.07 Å². The highest BCUT2D eigenvalue weighted by molar-refractivity contribution is 8.00. The van der Waals surface area contributed by atoms with Gasteiger partial charge in [0.25, 0.3) is 0 Å². The molecule has 0 radical (unpaired) electrons. The van der Waals surface area contributed by atoms with Gasteiger partial charge in [-0.1, -0.05) is 34.8 Å². The van der Waals surface area contributed by atoms with Crippen molar-refractivity contribution in [1.82, 2.24) is 0 Å². The molecular formula is C10H9Cl3F3NO2S. The van der Waals surface area contributed by atoms with Crippen molar-refractivity contribution in [3.8, 4) is 0 Å². The molecule has 0 amide bonds. The highest BCUT2D eigenvalue weighted by Crippen LogP contribution is 2.47. The van der Waals surface area contributed by atoms with Gasteiger partial charge in [-0.15, -0.1) is 0 Å². The van der Waals surface area contributed by atoms with Crippen molar-refractivity contribution in [3.05, 3.63) is 21.1 Å². The molecule has 1 aromatic rings. The Morgan fingerprint density at radius 3 is 2.35 bits per heavy atom. The van der Waals surface area contributed by atoms with E-state index in [2.05, 4.69) is 5.32 Å². The van der Waals surface area contributed by atoms with Gasteiger partial charge in [0.2, 0.25) is 0 Å². The number of nitrogens with one attached hydrogen (secondary N) is 1. The van der Waals surface area contributed by atoms with Crippen LogP contribution >= 0.6 is 46.6 Å². The van der Waals surface area contributed by atoms with Crippen LogP contribution in [0.1, 0.15) is 0 Å². The molecule has 3 nitrogen and oxygen atoms in total. The van der Waals surface area contributed by atoms with Crippen molar-refractivity contribution in [1.29, 1.82) is 0 Å². The summed E-state index contributed by atoms with van der Waals surface area (Å²) in [6, 6.07) is 1.03. The first kappa shape index (κ1) is 18.0. The Morgan fingerprint density at radius 1 is 1.25 bits per heavy atom. The lowest BCUT2D eigenvalue weighted by atomic mass is 10.3. The minimum absolute atomic E-state index is 0.0729. The molecule has 0 spiro atoms. The van der Waals surface area contributed by atoms with E-state index in [1.807, 2.05) is 0 Å². The number of aliphatic hydroxyl groups excluding tert-OH is 2. The van der Waals surface area contributed by atoms with Crippen molar-refractivity contribution in [2.45, 2.75) is 16.5 Å². The minimum Gasteiger partial charge on any atom is -0.394 e. The van der Waals surface area contributed by atoms with Gasteiger partial charge in [0.15, 0.2) is 0 Å². The van der Waals surface area contributed by atoms with Crippen molar-refractivity contribution in [2.24, 2.45) is 0 Å². The lowest BCUT2D eigenvalue weighted by Crippen LogP contribution is -2.23. The number of benzene rings is 1. The third-order valence-corrected chi connectivity index (χ3v) is 4.13. The normalized spacial score (nSPS) is 13.4. The van der Waals surface area contributed by atoms with Crippen LogP contribution in [-0.2, 0) is 0 Å². The maximum absolute atomic E-state index is 12.3. The third-order valence-electron chi connectivity index (χ3n) is 2.08. The lowest BCUT2D eigenvalue weighted by Gasteiger charge is -2.16. The molecule has 1 aromatic carbocycles. The van der Waals surface area contributed by atoms with Crippen LogP contribution in [0.15, 0.2) is 11.0 Å². The fourth-order valence-corrected chi connectivity index (χ4v) is 2.81. The molecular weight excluding hydrogens is 362 g/mol. The fourth-order valence-electron chi connectivity index (χ4n) is 1.22. The van der Waals surface area contributed by atoms with Crippen LogP contribution in [0.3, 0.4) is 0 Å². The zero-order valence-corrected chi connectivity index (χ0v) is 12.7. The zero-order valence-electron chi connectivity index (χ0n) is 9.64. The molecule has 0 aliphatic heterocycles.